The molecule has 0 saturated heterocycles. The van der Waals surface area contributed by atoms with E-state index in [1.54, 1.807) is 24.1 Å². The second-order valence-corrected chi connectivity index (χ2v) is 3.81. The number of aryl methyl sites for hydroxylation is 2. The molecule has 5 nitrogen and oxygen atoms in total. The summed E-state index contributed by atoms with van der Waals surface area (Å²) in [7, 11) is 1.80. The second kappa shape index (κ2) is 4.40. The lowest BCUT2D eigenvalue weighted by Gasteiger charge is -2.10. The number of pyridine rings is 1. The number of aliphatic hydroxyl groups excluding tert-OH is 1. The minimum Gasteiger partial charge on any atom is -0.386 e. The Morgan fingerprint density at radius 2 is 2.31 bits per heavy atom. The van der Waals surface area contributed by atoms with Gasteiger partial charge in [0.15, 0.2) is 0 Å². The van der Waals surface area contributed by atoms with E-state index in [-0.39, 0.29) is 0 Å². The van der Waals surface area contributed by atoms with Crippen molar-refractivity contribution < 1.29 is 5.11 Å². The molecule has 2 aromatic rings. The summed E-state index contributed by atoms with van der Waals surface area (Å²) in [6.07, 6.45) is 3.29. The standard InChI is InChI=1S/C11H14N4O/c1-8-4-3-5-12-11(8)10(16)6-9-7-15(2)14-13-9/h3-5,7,10,16H,6H2,1-2H3. The molecule has 2 aromatic heterocycles. The van der Waals surface area contributed by atoms with Gasteiger partial charge in [-0.25, -0.2) is 0 Å². The van der Waals surface area contributed by atoms with Crippen molar-refractivity contribution in [3.05, 3.63) is 41.5 Å². The average molecular weight is 218 g/mol. The number of aromatic nitrogens is 4. The third-order valence-corrected chi connectivity index (χ3v) is 2.42. The molecule has 0 aliphatic heterocycles. The van der Waals surface area contributed by atoms with Gasteiger partial charge in [-0.05, 0) is 18.6 Å². The van der Waals surface area contributed by atoms with Gasteiger partial charge in [-0.2, -0.15) is 0 Å². The van der Waals surface area contributed by atoms with E-state index < -0.39 is 6.10 Å². The first-order chi connectivity index (χ1) is 7.66. The lowest BCUT2D eigenvalue weighted by molar-refractivity contribution is 0.171. The van der Waals surface area contributed by atoms with Crippen LogP contribution < -0.4 is 0 Å². The molecule has 16 heavy (non-hydrogen) atoms. The van der Waals surface area contributed by atoms with Crippen molar-refractivity contribution in [1.29, 1.82) is 0 Å². The van der Waals surface area contributed by atoms with Gasteiger partial charge in [-0.15, -0.1) is 5.10 Å². The highest BCUT2D eigenvalue weighted by Crippen LogP contribution is 2.17. The zero-order valence-corrected chi connectivity index (χ0v) is 9.33. The van der Waals surface area contributed by atoms with Crippen LogP contribution in [0.25, 0.3) is 0 Å². The van der Waals surface area contributed by atoms with Gasteiger partial charge in [-0.3, -0.25) is 9.67 Å². The molecular formula is C11H14N4O. The SMILES string of the molecule is Cc1cccnc1C(O)Cc1cn(C)nn1. The van der Waals surface area contributed by atoms with E-state index in [4.69, 9.17) is 0 Å². The zero-order valence-electron chi connectivity index (χ0n) is 9.33. The van der Waals surface area contributed by atoms with Gasteiger partial charge in [-0.1, -0.05) is 11.3 Å². The maximum Gasteiger partial charge on any atom is 0.102 e. The highest BCUT2D eigenvalue weighted by Gasteiger charge is 2.13. The Bertz CT molecular complexity index is 480. The molecule has 2 rings (SSSR count). The minimum atomic E-state index is -0.627. The molecule has 0 aromatic carbocycles. The summed E-state index contributed by atoms with van der Waals surface area (Å²) in [5.74, 6) is 0. The van der Waals surface area contributed by atoms with Crippen molar-refractivity contribution in [3.63, 3.8) is 0 Å². The van der Waals surface area contributed by atoms with Crippen molar-refractivity contribution in [3.8, 4) is 0 Å². The molecule has 0 bridgehead atoms. The van der Waals surface area contributed by atoms with Gasteiger partial charge in [0.25, 0.3) is 0 Å². The maximum atomic E-state index is 10.0. The van der Waals surface area contributed by atoms with E-state index >= 15 is 0 Å². The van der Waals surface area contributed by atoms with E-state index in [0.29, 0.717) is 12.1 Å². The Labute approximate surface area is 93.8 Å². The normalized spacial score (nSPS) is 12.7. The smallest absolute Gasteiger partial charge is 0.102 e. The van der Waals surface area contributed by atoms with Gasteiger partial charge in [0.05, 0.1) is 11.4 Å². The molecule has 0 radical (unpaired) electrons. The molecule has 0 amide bonds. The second-order valence-electron chi connectivity index (χ2n) is 3.81. The van der Waals surface area contributed by atoms with Crippen LogP contribution in [0.1, 0.15) is 23.1 Å². The van der Waals surface area contributed by atoms with Crippen LogP contribution in [0.15, 0.2) is 24.5 Å². The van der Waals surface area contributed by atoms with Crippen LogP contribution in [-0.2, 0) is 13.5 Å². The lowest BCUT2D eigenvalue weighted by Crippen LogP contribution is -2.06. The monoisotopic (exact) mass is 218 g/mol. The van der Waals surface area contributed by atoms with Gasteiger partial charge < -0.3 is 5.11 Å². The van der Waals surface area contributed by atoms with Crippen molar-refractivity contribution in [2.45, 2.75) is 19.4 Å². The van der Waals surface area contributed by atoms with Crippen molar-refractivity contribution in [2.24, 2.45) is 7.05 Å². The largest absolute Gasteiger partial charge is 0.386 e. The molecule has 1 N–H and O–H groups in total. The maximum absolute atomic E-state index is 10.0. The summed E-state index contributed by atoms with van der Waals surface area (Å²) < 4.78 is 1.62. The first-order valence-electron chi connectivity index (χ1n) is 5.11. The summed E-state index contributed by atoms with van der Waals surface area (Å²) in [4.78, 5) is 4.18. The number of nitrogens with zero attached hydrogens (tertiary/aromatic N) is 4. The summed E-state index contributed by atoms with van der Waals surface area (Å²) in [6, 6.07) is 3.79. The number of hydrogen-bond acceptors (Lipinski definition) is 4. The summed E-state index contributed by atoms with van der Waals surface area (Å²) >= 11 is 0. The topological polar surface area (TPSA) is 63.8 Å². The van der Waals surface area contributed by atoms with Crippen LogP contribution in [0.4, 0.5) is 0 Å². The molecule has 0 saturated carbocycles. The predicted octanol–water partition coefficient (Wildman–Crippen LogP) is 0.795. The molecular weight excluding hydrogens is 204 g/mol. The molecule has 0 aliphatic rings. The van der Waals surface area contributed by atoms with Crippen molar-refractivity contribution in [2.75, 3.05) is 0 Å². The molecule has 0 spiro atoms. The van der Waals surface area contributed by atoms with E-state index in [1.165, 1.54) is 0 Å². The van der Waals surface area contributed by atoms with Crippen LogP contribution in [0.5, 0.6) is 0 Å². The molecule has 5 heteroatoms. The van der Waals surface area contributed by atoms with Crippen LogP contribution in [0.2, 0.25) is 0 Å². The summed E-state index contributed by atoms with van der Waals surface area (Å²) in [5.41, 5.74) is 2.45. The number of hydrogen-bond donors (Lipinski definition) is 1. The first-order valence-corrected chi connectivity index (χ1v) is 5.11. The zero-order chi connectivity index (χ0) is 11.5. The molecule has 2 heterocycles. The third-order valence-electron chi connectivity index (χ3n) is 2.42. The third kappa shape index (κ3) is 2.25. The Kier molecular flexibility index (Phi) is 2.96. The fraction of sp³-hybridized carbons (Fsp3) is 0.364. The van der Waals surface area contributed by atoms with Crippen LogP contribution >= 0.6 is 0 Å². The number of rotatable bonds is 3. The van der Waals surface area contributed by atoms with Crippen LogP contribution in [-0.4, -0.2) is 25.1 Å². The van der Waals surface area contributed by atoms with E-state index in [1.807, 2.05) is 19.1 Å². The molecule has 0 aliphatic carbocycles. The Morgan fingerprint density at radius 1 is 1.50 bits per heavy atom. The molecule has 0 fully saturated rings. The summed E-state index contributed by atoms with van der Waals surface area (Å²) in [6.45, 7) is 1.93. The average Bonchev–Trinajstić information content (AvgIpc) is 2.64. The first kappa shape index (κ1) is 10.8. The van der Waals surface area contributed by atoms with E-state index in [0.717, 1.165) is 11.3 Å². The van der Waals surface area contributed by atoms with Gasteiger partial charge in [0, 0.05) is 25.9 Å². The van der Waals surface area contributed by atoms with Gasteiger partial charge >= 0.3 is 0 Å². The predicted molar refractivity (Wildman–Crippen MR) is 58.6 cm³/mol. The summed E-state index contributed by atoms with van der Waals surface area (Å²) in [5, 5.41) is 17.8. The highest BCUT2D eigenvalue weighted by molar-refractivity contribution is 5.20. The van der Waals surface area contributed by atoms with E-state index in [9.17, 15) is 5.11 Å². The highest BCUT2D eigenvalue weighted by atomic mass is 16.3. The Balaban J connectivity index is 2.14. The quantitative estimate of drug-likeness (QED) is 0.827. The van der Waals surface area contributed by atoms with Crippen LogP contribution in [0, 0.1) is 6.92 Å². The van der Waals surface area contributed by atoms with Crippen molar-refractivity contribution >= 4 is 0 Å². The molecule has 1 unspecified atom stereocenters. The fourth-order valence-corrected chi connectivity index (χ4v) is 1.63. The van der Waals surface area contributed by atoms with Gasteiger partial charge in [0.1, 0.15) is 6.10 Å². The number of aliphatic hydroxyl groups is 1. The van der Waals surface area contributed by atoms with Crippen LogP contribution in [0.3, 0.4) is 0 Å². The molecule has 1 atom stereocenters. The Hall–Kier alpha value is -1.75. The fourth-order valence-electron chi connectivity index (χ4n) is 1.63. The lowest BCUT2D eigenvalue weighted by atomic mass is 10.1. The van der Waals surface area contributed by atoms with E-state index in [2.05, 4.69) is 15.3 Å². The Morgan fingerprint density at radius 3 is 2.94 bits per heavy atom. The minimum absolute atomic E-state index is 0.436. The van der Waals surface area contributed by atoms with Gasteiger partial charge in [0.2, 0.25) is 0 Å². The molecule has 84 valence electrons. The van der Waals surface area contributed by atoms with Crippen molar-refractivity contribution in [1.82, 2.24) is 20.0 Å².